The molecule has 0 atom stereocenters. The summed E-state index contributed by atoms with van der Waals surface area (Å²) in [6.07, 6.45) is 1.31. The third-order valence-corrected chi connectivity index (χ3v) is 8.62. The molecule has 0 saturated heterocycles. The lowest BCUT2D eigenvalue weighted by molar-refractivity contribution is 0.0724. The first-order valence-corrected chi connectivity index (χ1v) is 12.5. The van der Waals surface area contributed by atoms with E-state index in [0.29, 0.717) is 48.6 Å². The predicted molar refractivity (Wildman–Crippen MR) is 121 cm³/mol. The van der Waals surface area contributed by atoms with Gasteiger partial charge in [0.05, 0.1) is 6.61 Å². The smallest absolute Gasteiger partial charge is 0.272 e. The fourth-order valence-corrected chi connectivity index (χ4v) is 5.86. The summed E-state index contributed by atoms with van der Waals surface area (Å²) in [6.45, 7) is 0.307. The molecule has 3 N–H and O–H groups in total. The summed E-state index contributed by atoms with van der Waals surface area (Å²) >= 11 is 5.89. The molecule has 0 radical (unpaired) electrons. The molecule has 1 aromatic heterocycles. The Balaban J connectivity index is 1.47. The van der Waals surface area contributed by atoms with Gasteiger partial charge in [-0.15, -0.1) is 0 Å². The van der Waals surface area contributed by atoms with Gasteiger partial charge in [-0.1, -0.05) is 23.7 Å². The maximum absolute atomic E-state index is 13.2. The first-order valence-electron chi connectivity index (χ1n) is 10.7. The number of sulfonamides is 1. The maximum atomic E-state index is 13.2. The van der Waals surface area contributed by atoms with E-state index in [-0.39, 0.29) is 37.2 Å². The number of carbonyl (C=O) groups is 2. The van der Waals surface area contributed by atoms with Crippen LogP contribution in [0.5, 0.6) is 0 Å². The molecule has 1 aromatic carbocycles. The van der Waals surface area contributed by atoms with E-state index < -0.39 is 14.8 Å². The Bertz CT molecular complexity index is 1170. The molecule has 1 saturated carbocycles. The van der Waals surface area contributed by atoms with Crippen LogP contribution >= 0.6 is 11.6 Å². The molecule has 2 aliphatic rings. The van der Waals surface area contributed by atoms with Crippen molar-refractivity contribution < 1.29 is 23.1 Å². The number of rotatable bonds is 9. The van der Waals surface area contributed by atoms with Crippen molar-refractivity contribution >= 4 is 33.4 Å². The monoisotopic (exact) mass is 495 g/mol. The average molecular weight is 496 g/mol. The van der Waals surface area contributed by atoms with Crippen LogP contribution in [0.1, 0.15) is 44.9 Å². The van der Waals surface area contributed by atoms with Crippen molar-refractivity contribution in [2.75, 3.05) is 26.2 Å². The molecular formula is C21H26ClN5O5S. The second-order valence-corrected chi connectivity index (χ2v) is 11.0. The number of aromatic nitrogens is 2. The number of aliphatic hydroxyl groups excluding tert-OH is 1. The minimum atomic E-state index is -3.66. The number of halogens is 1. The van der Waals surface area contributed by atoms with E-state index in [0.717, 1.165) is 5.56 Å². The van der Waals surface area contributed by atoms with Gasteiger partial charge in [0, 0.05) is 43.8 Å². The standard InChI is InChI=1S/C21H26ClN5O5S/c1-26-18-16(17(25-26)19(29)23-12-14-2-4-15(22)5-3-14)6-10-27(20(18)30)13-21(7-8-21)33(31,32)24-9-11-28/h2-5,24,28H,6-13H2,1H3,(H,23,29). The average Bonchev–Trinajstić information content (AvgIpc) is 3.50. The molecule has 1 fully saturated rings. The number of hydrogen-bond acceptors (Lipinski definition) is 6. The number of nitrogens with zero attached hydrogens (tertiary/aromatic N) is 3. The zero-order valence-electron chi connectivity index (χ0n) is 18.2. The van der Waals surface area contributed by atoms with Crippen molar-refractivity contribution in [1.29, 1.82) is 0 Å². The summed E-state index contributed by atoms with van der Waals surface area (Å²) in [5, 5.41) is 16.7. The number of hydrogen-bond donors (Lipinski definition) is 3. The van der Waals surface area contributed by atoms with E-state index in [4.69, 9.17) is 16.7 Å². The second-order valence-electron chi connectivity index (χ2n) is 8.39. The first kappa shape index (κ1) is 23.7. The Labute approximate surface area is 197 Å². The lowest BCUT2D eigenvalue weighted by Crippen LogP contribution is -2.49. The highest BCUT2D eigenvalue weighted by atomic mass is 35.5. The molecule has 0 spiro atoms. The second kappa shape index (κ2) is 9.05. The molecule has 1 aliphatic heterocycles. The summed E-state index contributed by atoms with van der Waals surface area (Å²) in [5.41, 5.74) is 1.95. The minimum absolute atomic E-state index is 0.0571. The van der Waals surface area contributed by atoms with E-state index in [9.17, 15) is 18.0 Å². The summed E-state index contributed by atoms with van der Waals surface area (Å²) in [5.74, 6) is -0.718. The molecule has 4 rings (SSSR count). The summed E-state index contributed by atoms with van der Waals surface area (Å²) in [6, 6.07) is 7.11. The number of aryl methyl sites for hydroxylation is 1. The molecule has 33 heavy (non-hydrogen) atoms. The van der Waals surface area contributed by atoms with Crippen molar-refractivity contribution in [1.82, 2.24) is 24.7 Å². The van der Waals surface area contributed by atoms with Gasteiger partial charge in [-0.05, 0) is 37.0 Å². The highest BCUT2D eigenvalue weighted by molar-refractivity contribution is 7.91. The zero-order chi connectivity index (χ0) is 23.8. The van der Waals surface area contributed by atoms with E-state index in [1.807, 2.05) is 12.1 Å². The van der Waals surface area contributed by atoms with Crippen LogP contribution in [0.15, 0.2) is 24.3 Å². The van der Waals surface area contributed by atoms with Gasteiger partial charge in [-0.3, -0.25) is 14.3 Å². The summed E-state index contributed by atoms with van der Waals surface area (Å²) in [4.78, 5) is 27.5. The third-order valence-electron chi connectivity index (χ3n) is 6.11. The quantitative estimate of drug-likeness (QED) is 0.462. The van der Waals surface area contributed by atoms with Crippen molar-refractivity contribution in [2.45, 2.75) is 30.6 Å². The molecule has 2 amide bonds. The normalized spacial score (nSPS) is 17.1. The number of carbonyl (C=O) groups excluding carboxylic acids is 2. The van der Waals surface area contributed by atoms with Gasteiger partial charge in [0.2, 0.25) is 10.0 Å². The van der Waals surface area contributed by atoms with E-state index in [1.165, 1.54) is 9.58 Å². The highest BCUT2D eigenvalue weighted by Gasteiger charge is 2.56. The fourth-order valence-electron chi connectivity index (χ4n) is 4.10. The van der Waals surface area contributed by atoms with Gasteiger partial charge in [-0.2, -0.15) is 5.10 Å². The van der Waals surface area contributed by atoms with Crippen molar-refractivity contribution in [3.05, 3.63) is 51.8 Å². The van der Waals surface area contributed by atoms with E-state index in [2.05, 4.69) is 15.1 Å². The van der Waals surface area contributed by atoms with E-state index >= 15 is 0 Å². The topological polar surface area (TPSA) is 134 Å². The van der Waals surface area contributed by atoms with Crippen LogP contribution in [-0.4, -0.2) is 71.0 Å². The lowest BCUT2D eigenvalue weighted by atomic mass is 10.0. The largest absolute Gasteiger partial charge is 0.395 e. The maximum Gasteiger partial charge on any atom is 0.272 e. The van der Waals surface area contributed by atoms with Gasteiger partial charge < -0.3 is 15.3 Å². The Morgan fingerprint density at radius 1 is 1.27 bits per heavy atom. The minimum Gasteiger partial charge on any atom is -0.395 e. The Kier molecular flexibility index (Phi) is 6.50. The highest BCUT2D eigenvalue weighted by Crippen LogP contribution is 2.44. The number of aliphatic hydroxyl groups is 1. The summed E-state index contributed by atoms with van der Waals surface area (Å²) in [7, 11) is -2.06. The number of benzene rings is 1. The molecule has 1 aliphatic carbocycles. The number of fused-ring (bicyclic) bond motifs is 1. The molecule has 10 nitrogen and oxygen atoms in total. The van der Waals surface area contributed by atoms with Gasteiger partial charge in [0.15, 0.2) is 5.69 Å². The SMILES string of the molecule is Cn1nc(C(=O)NCc2ccc(Cl)cc2)c2c1C(=O)N(CC1(S(=O)(=O)NCCO)CC1)CC2. The number of amides is 2. The molecule has 178 valence electrons. The number of nitrogens with one attached hydrogen (secondary N) is 2. The first-order chi connectivity index (χ1) is 15.7. The van der Waals surface area contributed by atoms with Crippen LogP contribution in [0.3, 0.4) is 0 Å². The van der Waals surface area contributed by atoms with Gasteiger partial charge in [-0.25, -0.2) is 13.1 Å². The molecular weight excluding hydrogens is 470 g/mol. The van der Waals surface area contributed by atoms with Gasteiger partial charge in [0.25, 0.3) is 11.8 Å². The fraction of sp³-hybridized carbons (Fsp3) is 0.476. The summed E-state index contributed by atoms with van der Waals surface area (Å²) < 4.78 is 28.0. The zero-order valence-corrected chi connectivity index (χ0v) is 19.7. The predicted octanol–water partition coefficient (Wildman–Crippen LogP) is 0.446. The van der Waals surface area contributed by atoms with Crippen LogP contribution in [0.25, 0.3) is 0 Å². The van der Waals surface area contributed by atoms with Gasteiger partial charge in [0.1, 0.15) is 10.4 Å². The van der Waals surface area contributed by atoms with Crippen molar-refractivity contribution in [2.24, 2.45) is 7.05 Å². The Morgan fingerprint density at radius 2 is 1.97 bits per heavy atom. The Morgan fingerprint density at radius 3 is 2.61 bits per heavy atom. The third kappa shape index (κ3) is 4.63. The van der Waals surface area contributed by atoms with Crippen LogP contribution in [0.4, 0.5) is 0 Å². The van der Waals surface area contributed by atoms with Gasteiger partial charge >= 0.3 is 0 Å². The van der Waals surface area contributed by atoms with Crippen LogP contribution in [0.2, 0.25) is 5.02 Å². The molecule has 2 aromatic rings. The van der Waals surface area contributed by atoms with Crippen LogP contribution in [0, 0.1) is 0 Å². The van der Waals surface area contributed by atoms with Crippen molar-refractivity contribution in [3.8, 4) is 0 Å². The van der Waals surface area contributed by atoms with E-state index in [1.54, 1.807) is 19.2 Å². The molecule has 2 heterocycles. The molecule has 12 heteroatoms. The lowest BCUT2D eigenvalue weighted by Gasteiger charge is -2.31. The van der Waals surface area contributed by atoms with Crippen LogP contribution in [-0.2, 0) is 30.0 Å². The molecule has 0 bridgehead atoms. The Hall–Kier alpha value is -2.47. The van der Waals surface area contributed by atoms with Crippen molar-refractivity contribution in [3.63, 3.8) is 0 Å². The van der Waals surface area contributed by atoms with Crippen LogP contribution < -0.4 is 10.0 Å². The molecule has 0 unspecified atom stereocenters.